The monoisotopic (exact) mass is 303 g/mol. The van der Waals surface area contributed by atoms with Crippen LogP contribution in [0, 0.1) is 0 Å². The number of aliphatic hydroxyl groups excluding tert-OH is 1. The number of nitrogens with zero attached hydrogens (tertiary/aromatic N) is 3. The molecular weight excluding hydrogens is 290 g/mol. The molecule has 3 rings (SSSR count). The molecule has 108 valence electrons. The lowest BCUT2D eigenvalue weighted by Gasteiger charge is -2.12. The summed E-state index contributed by atoms with van der Waals surface area (Å²) in [6.45, 7) is 0.504. The zero-order chi connectivity index (χ0) is 14.7. The highest BCUT2D eigenvalue weighted by molar-refractivity contribution is 6.30. The predicted molar refractivity (Wildman–Crippen MR) is 80.5 cm³/mol. The summed E-state index contributed by atoms with van der Waals surface area (Å²) in [4.78, 5) is 0. The van der Waals surface area contributed by atoms with E-state index in [1.165, 1.54) is 0 Å². The Morgan fingerprint density at radius 2 is 1.90 bits per heavy atom. The van der Waals surface area contributed by atoms with Crippen LogP contribution in [0.1, 0.15) is 0 Å². The first-order chi connectivity index (χ1) is 10.2. The molecule has 0 saturated carbocycles. The summed E-state index contributed by atoms with van der Waals surface area (Å²) in [5, 5.41) is 18.8. The minimum absolute atomic E-state index is 0.176. The molecular formula is C15H14ClN3O2. The molecule has 0 unspecified atom stereocenters. The first-order valence-electron chi connectivity index (χ1n) is 6.57. The summed E-state index contributed by atoms with van der Waals surface area (Å²) in [5.41, 5.74) is 1.70. The quantitative estimate of drug-likeness (QED) is 0.787. The molecule has 0 amide bonds. The van der Waals surface area contributed by atoms with Crippen LogP contribution in [0.15, 0.2) is 48.5 Å². The Bertz CT molecular complexity index is 727. The van der Waals surface area contributed by atoms with Crippen molar-refractivity contribution >= 4 is 22.6 Å². The Morgan fingerprint density at radius 3 is 2.71 bits per heavy atom. The summed E-state index contributed by atoms with van der Waals surface area (Å²) in [6.07, 6.45) is -0.675. The molecule has 0 spiro atoms. The fraction of sp³-hybridized carbons (Fsp3) is 0.200. The lowest BCUT2D eigenvalue weighted by molar-refractivity contribution is 0.0899. The van der Waals surface area contributed by atoms with Crippen molar-refractivity contribution in [1.82, 2.24) is 15.0 Å². The van der Waals surface area contributed by atoms with E-state index in [2.05, 4.69) is 10.3 Å². The Balaban J connectivity index is 1.61. The van der Waals surface area contributed by atoms with Gasteiger partial charge in [0.25, 0.3) is 0 Å². The lowest BCUT2D eigenvalue weighted by Crippen LogP contribution is -2.24. The number of fused-ring (bicyclic) bond motifs is 1. The zero-order valence-electron chi connectivity index (χ0n) is 11.2. The molecule has 0 aliphatic rings. The van der Waals surface area contributed by atoms with Crippen LogP contribution >= 0.6 is 11.6 Å². The lowest BCUT2D eigenvalue weighted by atomic mass is 10.3. The normalized spacial score (nSPS) is 12.5. The summed E-state index contributed by atoms with van der Waals surface area (Å²) in [6, 6.07) is 14.6. The smallest absolute Gasteiger partial charge is 0.119 e. The van der Waals surface area contributed by atoms with Crippen LogP contribution in [0.2, 0.25) is 5.02 Å². The molecule has 3 aromatic rings. The molecule has 0 radical (unpaired) electrons. The van der Waals surface area contributed by atoms with Crippen LogP contribution in [-0.4, -0.2) is 32.8 Å². The summed E-state index contributed by atoms with van der Waals surface area (Å²) >= 11 is 5.80. The first kappa shape index (κ1) is 13.9. The molecule has 5 nitrogen and oxygen atoms in total. The van der Waals surface area contributed by atoms with Crippen LogP contribution in [0.3, 0.4) is 0 Å². The van der Waals surface area contributed by atoms with E-state index in [0.717, 1.165) is 11.0 Å². The molecule has 21 heavy (non-hydrogen) atoms. The number of aliphatic hydroxyl groups is 1. The van der Waals surface area contributed by atoms with Gasteiger partial charge in [-0.15, -0.1) is 5.10 Å². The Kier molecular flexibility index (Phi) is 4.03. The minimum atomic E-state index is -0.675. The Hall–Kier alpha value is -2.11. The van der Waals surface area contributed by atoms with Gasteiger partial charge in [-0.1, -0.05) is 28.9 Å². The van der Waals surface area contributed by atoms with E-state index in [9.17, 15) is 5.11 Å². The van der Waals surface area contributed by atoms with E-state index in [4.69, 9.17) is 16.3 Å². The van der Waals surface area contributed by atoms with Crippen molar-refractivity contribution in [2.24, 2.45) is 0 Å². The van der Waals surface area contributed by atoms with E-state index < -0.39 is 6.10 Å². The van der Waals surface area contributed by atoms with Gasteiger partial charge < -0.3 is 9.84 Å². The second kappa shape index (κ2) is 6.11. The van der Waals surface area contributed by atoms with E-state index in [-0.39, 0.29) is 6.61 Å². The van der Waals surface area contributed by atoms with E-state index in [1.54, 1.807) is 28.9 Å². The Labute approximate surface area is 126 Å². The van der Waals surface area contributed by atoms with Crippen molar-refractivity contribution in [3.05, 3.63) is 53.6 Å². The fourth-order valence-electron chi connectivity index (χ4n) is 2.03. The van der Waals surface area contributed by atoms with Gasteiger partial charge in [-0.2, -0.15) is 0 Å². The fourth-order valence-corrected chi connectivity index (χ4v) is 2.15. The summed E-state index contributed by atoms with van der Waals surface area (Å²) in [5.74, 6) is 0.668. The van der Waals surface area contributed by atoms with Crippen molar-refractivity contribution in [2.75, 3.05) is 6.61 Å². The maximum atomic E-state index is 10.1. The topological polar surface area (TPSA) is 60.2 Å². The maximum absolute atomic E-state index is 10.1. The summed E-state index contributed by atoms with van der Waals surface area (Å²) < 4.78 is 7.19. The molecule has 0 saturated heterocycles. The standard InChI is InChI=1S/C15H14ClN3O2/c16-11-5-7-13(8-6-11)21-10-12(20)9-19-15-4-2-1-3-14(15)17-18-19/h1-8,12,20H,9-10H2/t12-/m0/s1. The average molecular weight is 304 g/mol. The largest absolute Gasteiger partial charge is 0.491 e. The number of rotatable bonds is 5. The highest BCUT2D eigenvalue weighted by Crippen LogP contribution is 2.16. The second-order valence-electron chi connectivity index (χ2n) is 4.68. The van der Waals surface area contributed by atoms with E-state index >= 15 is 0 Å². The van der Waals surface area contributed by atoms with Crippen molar-refractivity contribution in [3.63, 3.8) is 0 Å². The molecule has 0 bridgehead atoms. The molecule has 1 N–H and O–H groups in total. The summed E-state index contributed by atoms with van der Waals surface area (Å²) in [7, 11) is 0. The van der Waals surface area contributed by atoms with Crippen LogP contribution in [0.4, 0.5) is 0 Å². The van der Waals surface area contributed by atoms with Crippen LogP contribution in [-0.2, 0) is 6.54 Å². The molecule has 1 aromatic heterocycles. The SMILES string of the molecule is O[C@H](COc1ccc(Cl)cc1)Cn1nnc2ccccc21. The van der Waals surface area contributed by atoms with Crippen molar-refractivity contribution in [3.8, 4) is 5.75 Å². The van der Waals surface area contributed by atoms with Gasteiger partial charge >= 0.3 is 0 Å². The number of benzene rings is 2. The van der Waals surface area contributed by atoms with Crippen LogP contribution in [0.25, 0.3) is 11.0 Å². The molecule has 1 atom stereocenters. The molecule has 0 aliphatic heterocycles. The number of ether oxygens (including phenoxy) is 1. The van der Waals surface area contributed by atoms with Crippen molar-refractivity contribution < 1.29 is 9.84 Å². The molecule has 1 heterocycles. The van der Waals surface area contributed by atoms with Gasteiger partial charge in [0, 0.05) is 5.02 Å². The number of hydrogen-bond acceptors (Lipinski definition) is 4. The number of hydrogen-bond donors (Lipinski definition) is 1. The molecule has 0 aliphatic carbocycles. The Morgan fingerprint density at radius 1 is 1.14 bits per heavy atom. The van der Waals surface area contributed by atoms with Crippen LogP contribution < -0.4 is 4.74 Å². The van der Waals surface area contributed by atoms with Gasteiger partial charge in [-0.05, 0) is 36.4 Å². The van der Waals surface area contributed by atoms with Gasteiger partial charge in [0.1, 0.15) is 24.0 Å². The maximum Gasteiger partial charge on any atom is 0.119 e. The first-order valence-corrected chi connectivity index (χ1v) is 6.95. The van der Waals surface area contributed by atoms with Gasteiger partial charge in [0.2, 0.25) is 0 Å². The highest BCUT2D eigenvalue weighted by atomic mass is 35.5. The van der Waals surface area contributed by atoms with Gasteiger partial charge in [-0.25, -0.2) is 4.68 Å². The van der Waals surface area contributed by atoms with Gasteiger partial charge in [-0.3, -0.25) is 0 Å². The predicted octanol–water partition coefficient (Wildman–Crippen LogP) is 2.52. The number of halogens is 1. The molecule has 0 fully saturated rings. The number of para-hydroxylation sites is 1. The second-order valence-corrected chi connectivity index (χ2v) is 5.12. The van der Waals surface area contributed by atoms with Gasteiger partial charge in [0.05, 0.1) is 12.1 Å². The molecule has 2 aromatic carbocycles. The van der Waals surface area contributed by atoms with Gasteiger partial charge in [0.15, 0.2) is 0 Å². The minimum Gasteiger partial charge on any atom is -0.491 e. The third-order valence-electron chi connectivity index (χ3n) is 3.06. The van der Waals surface area contributed by atoms with E-state index in [0.29, 0.717) is 17.3 Å². The van der Waals surface area contributed by atoms with Crippen molar-refractivity contribution in [2.45, 2.75) is 12.6 Å². The van der Waals surface area contributed by atoms with Crippen LogP contribution in [0.5, 0.6) is 5.75 Å². The van der Waals surface area contributed by atoms with E-state index in [1.807, 2.05) is 24.3 Å². The number of aromatic nitrogens is 3. The highest BCUT2D eigenvalue weighted by Gasteiger charge is 2.10. The third kappa shape index (κ3) is 3.32. The average Bonchev–Trinajstić information content (AvgIpc) is 2.90. The zero-order valence-corrected chi connectivity index (χ0v) is 11.9. The van der Waals surface area contributed by atoms with Crippen molar-refractivity contribution in [1.29, 1.82) is 0 Å². The molecule has 6 heteroatoms. The third-order valence-corrected chi connectivity index (χ3v) is 3.31.